The Kier molecular flexibility index (Phi) is 4.03. The van der Waals surface area contributed by atoms with Crippen LogP contribution in [0.3, 0.4) is 0 Å². The molecule has 0 aliphatic heterocycles. The van der Waals surface area contributed by atoms with E-state index < -0.39 is 11.9 Å². The highest BCUT2D eigenvalue weighted by molar-refractivity contribution is 6.04. The first-order valence-corrected chi connectivity index (χ1v) is 7.03. The van der Waals surface area contributed by atoms with Crippen LogP contribution < -0.4 is 0 Å². The van der Waals surface area contributed by atoms with Crippen LogP contribution in [0, 0.1) is 0 Å². The van der Waals surface area contributed by atoms with Crippen LogP contribution >= 0.6 is 0 Å². The van der Waals surface area contributed by atoms with E-state index in [9.17, 15) is 19.8 Å². The van der Waals surface area contributed by atoms with Gasteiger partial charge >= 0.3 is 11.9 Å². The first-order valence-electron chi connectivity index (χ1n) is 7.03. The van der Waals surface area contributed by atoms with Crippen molar-refractivity contribution in [1.82, 2.24) is 9.97 Å². The lowest BCUT2D eigenvalue weighted by Gasteiger charge is -2.13. The summed E-state index contributed by atoms with van der Waals surface area (Å²) in [6.07, 6.45) is 6.22. The Morgan fingerprint density at radius 1 is 0.667 bits per heavy atom. The zero-order valence-electron chi connectivity index (χ0n) is 12.4. The predicted molar refractivity (Wildman–Crippen MR) is 86.8 cm³/mol. The summed E-state index contributed by atoms with van der Waals surface area (Å²) in [4.78, 5) is 31.0. The fraction of sp³-hybridized carbons (Fsp3) is 0. The van der Waals surface area contributed by atoms with Gasteiger partial charge in [-0.3, -0.25) is 9.97 Å². The molecular formula is C18H12N2O4. The van der Waals surface area contributed by atoms with Crippen molar-refractivity contribution in [3.63, 3.8) is 0 Å². The number of aromatic carboxylic acids is 2. The molecule has 0 saturated heterocycles. The SMILES string of the molecule is O=C(O)c1cc(C(=O)O)c(-c2ccncc2)cc1-c1ccncc1. The molecule has 0 bridgehead atoms. The van der Waals surface area contributed by atoms with Gasteiger partial charge in [-0.2, -0.15) is 0 Å². The van der Waals surface area contributed by atoms with Gasteiger partial charge in [0.1, 0.15) is 0 Å². The molecule has 0 atom stereocenters. The zero-order chi connectivity index (χ0) is 17.1. The second-order valence-electron chi connectivity index (χ2n) is 5.03. The van der Waals surface area contributed by atoms with Crippen LogP contribution in [-0.4, -0.2) is 32.1 Å². The Hall–Kier alpha value is -3.54. The average molecular weight is 320 g/mol. The fourth-order valence-corrected chi connectivity index (χ4v) is 2.49. The highest BCUT2D eigenvalue weighted by Gasteiger charge is 2.20. The maximum absolute atomic E-state index is 11.6. The third-order valence-corrected chi connectivity index (χ3v) is 3.60. The predicted octanol–water partition coefficient (Wildman–Crippen LogP) is 3.21. The molecule has 6 nitrogen and oxygen atoms in total. The van der Waals surface area contributed by atoms with Crippen molar-refractivity contribution >= 4 is 11.9 Å². The summed E-state index contributed by atoms with van der Waals surface area (Å²) in [6.45, 7) is 0. The molecule has 0 aliphatic rings. The van der Waals surface area contributed by atoms with Gasteiger partial charge in [0.05, 0.1) is 11.1 Å². The number of rotatable bonds is 4. The number of benzene rings is 1. The number of pyridine rings is 2. The molecule has 3 aromatic rings. The molecule has 0 fully saturated rings. The molecular weight excluding hydrogens is 308 g/mol. The molecule has 0 aliphatic carbocycles. The second-order valence-corrected chi connectivity index (χ2v) is 5.03. The van der Waals surface area contributed by atoms with Crippen LogP contribution in [0.2, 0.25) is 0 Å². The van der Waals surface area contributed by atoms with Crippen molar-refractivity contribution in [2.45, 2.75) is 0 Å². The minimum Gasteiger partial charge on any atom is -0.478 e. The molecule has 2 aromatic heterocycles. The number of carboxylic acid groups (broad SMARTS) is 2. The zero-order valence-corrected chi connectivity index (χ0v) is 12.4. The minimum absolute atomic E-state index is 0.0728. The largest absolute Gasteiger partial charge is 0.478 e. The Balaban J connectivity index is 2.33. The van der Waals surface area contributed by atoms with Gasteiger partial charge in [0.15, 0.2) is 0 Å². The molecule has 2 N–H and O–H groups in total. The third kappa shape index (κ3) is 2.85. The Morgan fingerprint density at radius 2 is 1.04 bits per heavy atom. The van der Waals surface area contributed by atoms with E-state index in [1.807, 2.05) is 0 Å². The topological polar surface area (TPSA) is 100 Å². The molecule has 0 saturated carbocycles. The molecule has 0 radical (unpaired) electrons. The lowest BCUT2D eigenvalue weighted by atomic mass is 9.91. The van der Waals surface area contributed by atoms with Crippen molar-refractivity contribution in [2.24, 2.45) is 0 Å². The number of carboxylic acids is 2. The van der Waals surface area contributed by atoms with Gasteiger partial charge in [-0.15, -0.1) is 0 Å². The van der Waals surface area contributed by atoms with E-state index in [0.717, 1.165) is 0 Å². The van der Waals surface area contributed by atoms with Gasteiger partial charge in [-0.1, -0.05) is 0 Å². The van der Waals surface area contributed by atoms with E-state index in [4.69, 9.17) is 0 Å². The van der Waals surface area contributed by atoms with Crippen molar-refractivity contribution in [3.8, 4) is 22.3 Å². The minimum atomic E-state index is -1.19. The van der Waals surface area contributed by atoms with E-state index in [1.165, 1.54) is 6.07 Å². The van der Waals surface area contributed by atoms with Gasteiger partial charge in [-0.25, -0.2) is 9.59 Å². The molecule has 1 aromatic carbocycles. The highest BCUT2D eigenvalue weighted by atomic mass is 16.4. The third-order valence-electron chi connectivity index (χ3n) is 3.60. The first-order chi connectivity index (χ1) is 11.6. The van der Waals surface area contributed by atoms with Crippen LogP contribution in [-0.2, 0) is 0 Å². The molecule has 24 heavy (non-hydrogen) atoms. The Bertz CT molecular complexity index is 836. The van der Waals surface area contributed by atoms with Crippen molar-refractivity contribution in [2.75, 3.05) is 0 Å². The van der Waals surface area contributed by atoms with Crippen LogP contribution in [0.4, 0.5) is 0 Å². The molecule has 0 spiro atoms. The van der Waals surface area contributed by atoms with Crippen LogP contribution in [0.5, 0.6) is 0 Å². The summed E-state index contributed by atoms with van der Waals surface area (Å²) < 4.78 is 0. The average Bonchev–Trinajstić information content (AvgIpc) is 2.62. The number of nitrogens with zero attached hydrogens (tertiary/aromatic N) is 2. The van der Waals surface area contributed by atoms with Crippen LogP contribution in [0.1, 0.15) is 20.7 Å². The standard InChI is InChI=1S/C18H12N2O4/c21-17(22)15-10-16(18(23)24)14(12-3-7-20-8-4-12)9-13(15)11-1-5-19-6-2-11/h1-10H,(H,21,22)(H,23,24). The number of aromatic nitrogens is 2. The number of hydrogen-bond acceptors (Lipinski definition) is 4. The van der Waals surface area contributed by atoms with Crippen molar-refractivity contribution < 1.29 is 19.8 Å². The monoisotopic (exact) mass is 320 g/mol. The van der Waals surface area contributed by atoms with Gasteiger partial charge in [-0.05, 0) is 58.7 Å². The Labute approximate surface area is 137 Å². The van der Waals surface area contributed by atoms with E-state index in [2.05, 4.69) is 9.97 Å². The number of carbonyl (C=O) groups is 2. The fourth-order valence-electron chi connectivity index (χ4n) is 2.49. The van der Waals surface area contributed by atoms with Gasteiger partial charge in [0.2, 0.25) is 0 Å². The van der Waals surface area contributed by atoms with E-state index >= 15 is 0 Å². The molecule has 6 heteroatoms. The summed E-state index contributed by atoms with van der Waals surface area (Å²) in [5.41, 5.74) is 2.01. The summed E-state index contributed by atoms with van der Waals surface area (Å²) in [5, 5.41) is 19.0. The molecule has 2 heterocycles. The number of hydrogen-bond donors (Lipinski definition) is 2. The summed E-state index contributed by atoms with van der Waals surface area (Å²) in [7, 11) is 0. The first kappa shape index (κ1) is 15.4. The quantitative estimate of drug-likeness (QED) is 0.765. The van der Waals surface area contributed by atoms with Gasteiger partial charge in [0.25, 0.3) is 0 Å². The van der Waals surface area contributed by atoms with Crippen LogP contribution in [0.15, 0.2) is 61.2 Å². The molecule has 0 unspecified atom stereocenters. The molecule has 3 rings (SSSR count). The summed E-state index contributed by atoms with van der Waals surface area (Å²) in [6, 6.07) is 9.49. The van der Waals surface area contributed by atoms with Gasteiger partial charge in [0, 0.05) is 24.8 Å². The summed E-state index contributed by atoms with van der Waals surface area (Å²) >= 11 is 0. The lowest BCUT2D eigenvalue weighted by molar-refractivity contribution is 0.0696. The van der Waals surface area contributed by atoms with E-state index in [0.29, 0.717) is 22.3 Å². The van der Waals surface area contributed by atoms with E-state index in [1.54, 1.807) is 55.1 Å². The highest BCUT2D eigenvalue weighted by Crippen LogP contribution is 2.32. The molecule has 0 amide bonds. The van der Waals surface area contributed by atoms with Gasteiger partial charge < -0.3 is 10.2 Å². The Morgan fingerprint density at radius 3 is 1.38 bits per heavy atom. The normalized spacial score (nSPS) is 10.3. The molecule has 118 valence electrons. The second kappa shape index (κ2) is 6.29. The maximum Gasteiger partial charge on any atom is 0.336 e. The summed E-state index contributed by atoms with van der Waals surface area (Å²) in [5.74, 6) is -2.38. The maximum atomic E-state index is 11.6. The smallest absolute Gasteiger partial charge is 0.336 e. The van der Waals surface area contributed by atoms with Crippen LogP contribution in [0.25, 0.3) is 22.3 Å². The van der Waals surface area contributed by atoms with Crippen molar-refractivity contribution in [3.05, 3.63) is 72.3 Å². The van der Waals surface area contributed by atoms with Crippen molar-refractivity contribution in [1.29, 1.82) is 0 Å². The van der Waals surface area contributed by atoms with E-state index in [-0.39, 0.29) is 11.1 Å². The lowest BCUT2D eigenvalue weighted by Crippen LogP contribution is -2.07.